The minimum Gasteiger partial charge on any atom is -0.497 e. The van der Waals surface area contributed by atoms with E-state index < -0.39 is 15.6 Å². The van der Waals surface area contributed by atoms with Crippen LogP contribution in [0.2, 0.25) is 0 Å². The average molecular weight is 453 g/mol. The maximum atomic E-state index is 13.4. The Morgan fingerprint density at radius 2 is 1.47 bits per heavy atom. The van der Waals surface area contributed by atoms with Crippen LogP contribution in [0.5, 0.6) is 5.75 Å². The molecule has 0 saturated carbocycles. The molecule has 0 fully saturated rings. The van der Waals surface area contributed by atoms with E-state index in [1.165, 1.54) is 19.2 Å². The number of rotatable bonds is 9. The summed E-state index contributed by atoms with van der Waals surface area (Å²) in [6, 6.07) is 24.5. The van der Waals surface area contributed by atoms with Crippen molar-refractivity contribution in [2.45, 2.75) is 30.7 Å². The monoisotopic (exact) mass is 452 g/mol. The molecule has 0 spiro atoms. The van der Waals surface area contributed by atoms with E-state index in [0.717, 1.165) is 9.87 Å². The molecule has 168 valence electrons. The van der Waals surface area contributed by atoms with Crippen LogP contribution in [0.25, 0.3) is 0 Å². The van der Waals surface area contributed by atoms with Gasteiger partial charge in [0.25, 0.3) is 10.0 Å². The number of ether oxygens (including phenoxy) is 1. The number of hydrogen-bond donors (Lipinski definition) is 1. The lowest BCUT2D eigenvalue weighted by atomic mass is 9.95. The van der Waals surface area contributed by atoms with Crippen molar-refractivity contribution in [3.8, 4) is 5.75 Å². The Balaban J connectivity index is 1.85. The number of methoxy groups -OCH3 is 1. The molecule has 1 N–H and O–H groups in total. The SMILES string of the molecule is COc1ccc(N(CC(=O)NC(C)(C)Cc2ccccc2)S(=O)(=O)c2ccccc2)cc1. The van der Waals surface area contributed by atoms with E-state index >= 15 is 0 Å². The highest BCUT2D eigenvalue weighted by atomic mass is 32.2. The van der Waals surface area contributed by atoms with Crippen molar-refractivity contribution in [1.29, 1.82) is 0 Å². The van der Waals surface area contributed by atoms with Gasteiger partial charge in [-0.2, -0.15) is 0 Å². The van der Waals surface area contributed by atoms with E-state index in [4.69, 9.17) is 4.74 Å². The lowest BCUT2D eigenvalue weighted by Gasteiger charge is -2.29. The number of benzene rings is 3. The fourth-order valence-corrected chi connectivity index (χ4v) is 4.92. The van der Waals surface area contributed by atoms with Gasteiger partial charge in [-0.25, -0.2) is 8.42 Å². The largest absolute Gasteiger partial charge is 0.497 e. The van der Waals surface area contributed by atoms with Crippen molar-refractivity contribution in [3.63, 3.8) is 0 Å². The Morgan fingerprint density at radius 1 is 0.906 bits per heavy atom. The number of amides is 1. The van der Waals surface area contributed by atoms with Crippen LogP contribution >= 0.6 is 0 Å². The molecule has 0 radical (unpaired) electrons. The zero-order chi connectivity index (χ0) is 23.2. The normalized spacial score (nSPS) is 11.6. The molecular formula is C25H28N2O4S. The lowest BCUT2D eigenvalue weighted by molar-refractivity contribution is -0.121. The zero-order valence-electron chi connectivity index (χ0n) is 18.5. The second-order valence-corrected chi connectivity index (χ2v) is 9.98. The minimum atomic E-state index is -3.95. The summed E-state index contributed by atoms with van der Waals surface area (Å²) in [4.78, 5) is 13.1. The van der Waals surface area contributed by atoms with Crippen molar-refractivity contribution in [3.05, 3.63) is 90.5 Å². The second kappa shape index (κ2) is 9.87. The molecule has 0 atom stereocenters. The molecule has 0 aromatic heterocycles. The number of carbonyl (C=O) groups excluding carboxylic acids is 1. The van der Waals surface area contributed by atoms with Crippen molar-refractivity contribution >= 4 is 21.6 Å². The predicted octanol–water partition coefficient (Wildman–Crippen LogP) is 4.03. The third-order valence-corrected chi connectivity index (χ3v) is 6.73. The molecule has 0 bridgehead atoms. The summed E-state index contributed by atoms with van der Waals surface area (Å²) >= 11 is 0. The first kappa shape index (κ1) is 23.3. The molecule has 0 aliphatic rings. The first-order valence-electron chi connectivity index (χ1n) is 10.3. The number of anilines is 1. The summed E-state index contributed by atoms with van der Waals surface area (Å²) in [6.07, 6.45) is 0.619. The predicted molar refractivity (Wildman–Crippen MR) is 126 cm³/mol. The van der Waals surface area contributed by atoms with Gasteiger partial charge in [0.1, 0.15) is 12.3 Å². The van der Waals surface area contributed by atoms with E-state index in [0.29, 0.717) is 17.9 Å². The highest BCUT2D eigenvalue weighted by Crippen LogP contribution is 2.26. The number of hydrogen-bond acceptors (Lipinski definition) is 4. The van der Waals surface area contributed by atoms with E-state index in [9.17, 15) is 13.2 Å². The molecule has 7 heteroatoms. The van der Waals surface area contributed by atoms with Crippen LogP contribution in [0.15, 0.2) is 89.8 Å². The van der Waals surface area contributed by atoms with Crippen molar-refractivity contribution in [2.75, 3.05) is 18.0 Å². The van der Waals surface area contributed by atoms with Crippen LogP contribution in [-0.4, -0.2) is 33.5 Å². The van der Waals surface area contributed by atoms with Crippen LogP contribution in [0.4, 0.5) is 5.69 Å². The summed E-state index contributed by atoms with van der Waals surface area (Å²) in [5, 5.41) is 2.98. The summed E-state index contributed by atoms with van der Waals surface area (Å²) < 4.78 is 33.1. The van der Waals surface area contributed by atoms with Gasteiger partial charge in [-0.05, 0) is 62.2 Å². The molecule has 6 nitrogen and oxygen atoms in total. The second-order valence-electron chi connectivity index (χ2n) is 8.12. The Labute approximate surface area is 189 Å². The summed E-state index contributed by atoms with van der Waals surface area (Å²) in [5.41, 5.74) is 0.910. The molecule has 3 rings (SSSR count). The maximum absolute atomic E-state index is 13.4. The van der Waals surface area contributed by atoms with Crippen molar-refractivity contribution in [2.24, 2.45) is 0 Å². The summed E-state index contributed by atoms with van der Waals surface area (Å²) in [7, 11) is -2.41. The first-order valence-corrected chi connectivity index (χ1v) is 11.7. The quantitative estimate of drug-likeness (QED) is 0.532. The Bertz CT molecular complexity index is 1130. The Kier molecular flexibility index (Phi) is 7.20. The smallest absolute Gasteiger partial charge is 0.264 e. The standard InChI is InChI=1S/C25H28N2O4S/c1-25(2,18-20-10-6-4-7-11-20)26-24(28)19-27(21-14-16-22(31-3)17-15-21)32(29,30)23-12-8-5-9-13-23/h4-17H,18-19H2,1-3H3,(H,26,28). The Morgan fingerprint density at radius 3 is 2.03 bits per heavy atom. The average Bonchev–Trinajstić information content (AvgIpc) is 2.78. The molecule has 3 aromatic carbocycles. The number of nitrogens with zero attached hydrogens (tertiary/aromatic N) is 1. The van der Waals surface area contributed by atoms with Gasteiger partial charge in [-0.3, -0.25) is 9.10 Å². The van der Waals surface area contributed by atoms with Crippen LogP contribution in [0.1, 0.15) is 19.4 Å². The van der Waals surface area contributed by atoms with E-state index in [2.05, 4.69) is 5.32 Å². The third kappa shape index (κ3) is 5.88. The fourth-order valence-electron chi connectivity index (χ4n) is 3.48. The van der Waals surface area contributed by atoms with Gasteiger partial charge < -0.3 is 10.1 Å². The molecule has 3 aromatic rings. The van der Waals surface area contributed by atoms with Gasteiger partial charge in [0, 0.05) is 5.54 Å². The molecule has 1 amide bonds. The van der Waals surface area contributed by atoms with Crippen LogP contribution in [0.3, 0.4) is 0 Å². The molecule has 32 heavy (non-hydrogen) atoms. The van der Waals surface area contributed by atoms with E-state index in [1.54, 1.807) is 42.5 Å². The van der Waals surface area contributed by atoms with Crippen molar-refractivity contribution < 1.29 is 17.9 Å². The summed E-state index contributed by atoms with van der Waals surface area (Å²) in [6.45, 7) is 3.49. The first-order chi connectivity index (χ1) is 15.2. The van der Waals surface area contributed by atoms with Gasteiger partial charge in [0.2, 0.25) is 5.91 Å². The fraction of sp³-hybridized carbons (Fsp3) is 0.240. The van der Waals surface area contributed by atoms with Gasteiger partial charge in [0.15, 0.2) is 0 Å². The van der Waals surface area contributed by atoms with Crippen LogP contribution in [0, 0.1) is 0 Å². The van der Waals surface area contributed by atoms with E-state index in [-0.39, 0.29) is 17.3 Å². The molecule has 0 aliphatic carbocycles. The van der Waals surface area contributed by atoms with Crippen LogP contribution in [-0.2, 0) is 21.2 Å². The molecule has 0 heterocycles. The number of nitrogens with one attached hydrogen (secondary N) is 1. The van der Waals surface area contributed by atoms with Gasteiger partial charge in [0.05, 0.1) is 17.7 Å². The molecule has 0 saturated heterocycles. The molecule has 0 unspecified atom stereocenters. The zero-order valence-corrected chi connectivity index (χ0v) is 19.3. The Hall–Kier alpha value is -3.32. The van der Waals surface area contributed by atoms with Gasteiger partial charge in [-0.15, -0.1) is 0 Å². The van der Waals surface area contributed by atoms with Crippen LogP contribution < -0.4 is 14.4 Å². The highest BCUT2D eigenvalue weighted by Gasteiger charge is 2.29. The van der Waals surface area contributed by atoms with Gasteiger partial charge in [-0.1, -0.05) is 48.5 Å². The lowest BCUT2D eigenvalue weighted by Crippen LogP contribution is -2.50. The summed E-state index contributed by atoms with van der Waals surface area (Å²) in [5.74, 6) is 0.209. The molecular weight excluding hydrogens is 424 g/mol. The topological polar surface area (TPSA) is 75.7 Å². The van der Waals surface area contributed by atoms with E-state index in [1.807, 2.05) is 44.2 Å². The minimum absolute atomic E-state index is 0.118. The van der Waals surface area contributed by atoms with Gasteiger partial charge >= 0.3 is 0 Å². The maximum Gasteiger partial charge on any atom is 0.264 e. The number of sulfonamides is 1. The molecule has 0 aliphatic heterocycles. The number of carbonyl (C=O) groups is 1. The highest BCUT2D eigenvalue weighted by molar-refractivity contribution is 7.92. The third-order valence-electron chi connectivity index (χ3n) is 4.95. The van der Waals surface area contributed by atoms with Crippen molar-refractivity contribution in [1.82, 2.24) is 5.32 Å².